The molecule has 6 heteroatoms. The van der Waals surface area contributed by atoms with Crippen LogP contribution in [0.1, 0.15) is 17.3 Å². The van der Waals surface area contributed by atoms with E-state index < -0.39 is 0 Å². The Morgan fingerprint density at radius 1 is 1.45 bits per heavy atom. The van der Waals surface area contributed by atoms with Crippen molar-refractivity contribution in [2.75, 3.05) is 19.6 Å². The van der Waals surface area contributed by atoms with Crippen LogP contribution in [-0.4, -0.2) is 51.2 Å². The van der Waals surface area contributed by atoms with Crippen molar-refractivity contribution < 1.29 is 4.79 Å². The average Bonchev–Trinajstić information content (AvgIpc) is 3.01. The lowest BCUT2D eigenvalue weighted by Gasteiger charge is -2.34. The Morgan fingerprint density at radius 2 is 2.35 bits per heavy atom. The fourth-order valence-electron chi connectivity index (χ4n) is 2.43. The SMILES string of the molecule is C[C@@H]1CNCCN1C(=O)c1cccc(-n2cncn2)c1. The van der Waals surface area contributed by atoms with Crippen LogP contribution in [0.4, 0.5) is 0 Å². The van der Waals surface area contributed by atoms with Crippen molar-refractivity contribution in [1.29, 1.82) is 0 Å². The molecule has 1 amide bonds. The van der Waals surface area contributed by atoms with Crippen LogP contribution in [0.5, 0.6) is 0 Å². The summed E-state index contributed by atoms with van der Waals surface area (Å²) in [5.41, 5.74) is 1.53. The van der Waals surface area contributed by atoms with Crippen LogP contribution in [0.2, 0.25) is 0 Å². The second-order valence-electron chi connectivity index (χ2n) is 4.94. The summed E-state index contributed by atoms with van der Waals surface area (Å²) >= 11 is 0. The van der Waals surface area contributed by atoms with Gasteiger partial charge in [0.05, 0.1) is 5.69 Å². The fourth-order valence-corrected chi connectivity index (χ4v) is 2.43. The number of carbonyl (C=O) groups excluding carboxylic acids is 1. The van der Waals surface area contributed by atoms with Crippen LogP contribution in [-0.2, 0) is 0 Å². The Balaban J connectivity index is 1.86. The van der Waals surface area contributed by atoms with Gasteiger partial charge in [-0.2, -0.15) is 5.10 Å². The second kappa shape index (κ2) is 5.42. The average molecular weight is 271 g/mol. The van der Waals surface area contributed by atoms with Gasteiger partial charge in [-0.3, -0.25) is 4.79 Å². The lowest BCUT2D eigenvalue weighted by molar-refractivity contribution is 0.0655. The van der Waals surface area contributed by atoms with Gasteiger partial charge in [-0.15, -0.1) is 0 Å². The van der Waals surface area contributed by atoms with Crippen LogP contribution in [0, 0.1) is 0 Å². The zero-order valence-corrected chi connectivity index (χ0v) is 11.4. The molecule has 1 aromatic heterocycles. The minimum Gasteiger partial charge on any atom is -0.333 e. The summed E-state index contributed by atoms with van der Waals surface area (Å²) in [5.74, 6) is 0.0703. The van der Waals surface area contributed by atoms with E-state index in [1.807, 2.05) is 29.2 Å². The molecule has 104 valence electrons. The highest BCUT2D eigenvalue weighted by atomic mass is 16.2. The highest BCUT2D eigenvalue weighted by Crippen LogP contribution is 2.14. The topological polar surface area (TPSA) is 63.1 Å². The van der Waals surface area contributed by atoms with Gasteiger partial charge in [-0.05, 0) is 25.1 Å². The van der Waals surface area contributed by atoms with Gasteiger partial charge < -0.3 is 10.2 Å². The number of aromatic nitrogens is 3. The number of rotatable bonds is 2. The molecule has 0 bridgehead atoms. The van der Waals surface area contributed by atoms with Gasteiger partial charge in [-0.1, -0.05) is 6.07 Å². The Bertz CT molecular complexity index is 595. The maximum atomic E-state index is 12.6. The molecule has 1 atom stereocenters. The standard InChI is InChI=1S/C14H17N5O/c1-11-8-15-5-6-18(11)14(20)12-3-2-4-13(7-12)19-10-16-9-17-19/h2-4,7,9-11,15H,5-6,8H2,1H3/t11-/m1/s1. The molecule has 1 aromatic carbocycles. The number of amides is 1. The van der Waals surface area contributed by atoms with Gasteiger partial charge >= 0.3 is 0 Å². The lowest BCUT2D eigenvalue weighted by Crippen LogP contribution is -2.52. The number of nitrogens with one attached hydrogen (secondary N) is 1. The van der Waals surface area contributed by atoms with Crippen molar-refractivity contribution in [2.45, 2.75) is 13.0 Å². The van der Waals surface area contributed by atoms with Crippen molar-refractivity contribution in [2.24, 2.45) is 0 Å². The summed E-state index contributed by atoms with van der Waals surface area (Å²) < 4.78 is 1.65. The third-order valence-electron chi connectivity index (χ3n) is 3.54. The van der Waals surface area contributed by atoms with E-state index in [0.29, 0.717) is 5.56 Å². The third-order valence-corrected chi connectivity index (χ3v) is 3.54. The summed E-state index contributed by atoms with van der Waals surface area (Å²) in [7, 11) is 0. The van der Waals surface area contributed by atoms with Crippen LogP contribution < -0.4 is 5.32 Å². The molecular formula is C14H17N5O. The summed E-state index contributed by atoms with van der Waals surface area (Å²) in [5, 5.41) is 7.37. The molecule has 0 spiro atoms. The van der Waals surface area contributed by atoms with Crippen molar-refractivity contribution in [1.82, 2.24) is 25.0 Å². The molecule has 3 rings (SSSR count). The Morgan fingerprint density at radius 3 is 3.10 bits per heavy atom. The predicted octanol–water partition coefficient (Wildman–Crippen LogP) is 0.701. The number of nitrogens with zero attached hydrogens (tertiary/aromatic N) is 4. The first-order chi connectivity index (χ1) is 9.75. The summed E-state index contributed by atoms with van der Waals surface area (Å²) in [6, 6.07) is 7.69. The van der Waals surface area contributed by atoms with Crippen LogP contribution in [0.3, 0.4) is 0 Å². The van der Waals surface area contributed by atoms with E-state index >= 15 is 0 Å². The maximum absolute atomic E-state index is 12.6. The predicted molar refractivity (Wildman–Crippen MR) is 74.7 cm³/mol. The molecule has 0 radical (unpaired) electrons. The highest BCUT2D eigenvalue weighted by Gasteiger charge is 2.24. The van der Waals surface area contributed by atoms with Gasteiger partial charge in [0, 0.05) is 31.2 Å². The largest absolute Gasteiger partial charge is 0.333 e. The van der Waals surface area contributed by atoms with E-state index in [2.05, 4.69) is 22.3 Å². The number of hydrogen-bond donors (Lipinski definition) is 1. The third kappa shape index (κ3) is 2.42. The first-order valence-electron chi connectivity index (χ1n) is 6.72. The Hall–Kier alpha value is -2.21. The minimum absolute atomic E-state index is 0.0703. The van der Waals surface area contributed by atoms with Gasteiger partial charge in [0.2, 0.25) is 0 Å². The molecule has 2 aromatic rings. The second-order valence-corrected chi connectivity index (χ2v) is 4.94. The quantitative estimate of drug-likeness (QED) is 0.873. The van der Waals surface area contributed by atoms with Gasteiger partial charge in [0.25, 0.3) is 5.91 Å². The highest BCUT2D eigenvalue weighted by molar-refractivity contribution is 5.95. The molecule has 2 heterocycles. The van der Waals surface area contributed by atoms with Gasteiger partial charge in [0.15, 0.2) is 0 Å². The molecule has 1 N–H and O–H groups in total. The maximum Gasteiger partial charge on any atom is 0.254 e. The van der Waals surface area contributed by atoms with E-state index in [1.54, 1.807) is 11.0 Å². The molecule has 0 unspecified atom stereocenters. The zero-order valence-electron chi connectivity index (χ0n) is 11.4. The van der Waals surface area contributed by atoms with Crippen molar-refractivity contribution >= 4 is 5.91 Å². The smallest absolute Gasteiger partial charge is 0.254 e. The van der Waals surface area contributed by atoms with Gasteiger partial charge in [-0.25, -0.2) is 9.67 Å². The molecule has 1 aliphatic rings. The molecule has 6 nitrogen and oxygen atoms in total. The Labute approximate surface area is 117 Å². The van der Waals surface area contributed by atoms with Crippen LogP contribution in [0.25, 0.3) is 5.69 Å². The van der Waals surface area contributed by atoms with Crippen molar-refractivity contribution in [3.8, 4) is 5.69 Å². The van der Waals surface area contributed by atoms with Crippen LogP contribution in [0.15, 0.2) is 36.9 Å². The molecular weight excluding hydrogens is 254 g/mol. The molecule has 1 aliphatic heterocycles. The minimum atomic E-state index is 0.0703. The van der Waals surface area contributed by atoms with E-state index in [-0.39, 0.29) is 11.9 Å². The molecule has 1 saturated heterocycles. The first kappa shape index (κ1) is 12.8. The summed E-state index contributed by atoms with van der Waals surface area (Å²) in [6.07, 6.45) is 3.10. The van der Waals surface area contributed by atoms with E-state index in [0.717, 1.165) is 25.3 Å². The van der Waals surface area contributed by atoms with E-state index in [1.165, 1.54) is 6.33 Å². The monoisotopic (exact) mass is 271 g/mol. The number of hydrogen-bond acceptors (Lipinski definition) is 4. The molecule has 0 aliphatic carbocycles. The first-order valence-corrected chi connectivity index (χ1v) is 6.72. The number of benzene rings is 1. The Kier molecular flexibility index (Phi) is 3.47. The molecule has 1 fully saturated rings. The van der Waals surface area contributed by atoms with Crippen molar-refractivity contribution in [3.05, 3.63) is 42.5 Å². The number of piperazine rings is 1. The fraction of sp³-hybridized carbons (Fsp3) is 0.357. The summed E-state index contributed by atoms with van der Waals surface area (Å²) in [6.45, 7) is 4.49. The summed E-state index contributed by atoms with van der Waals surface area (Å²) in [4.78, 5) is 18.4. The van der Waals surface area contributed by atoms with E-state index in [4.69, 9.17) is 0 Å². The lowest BCUT2D eigenvalue weighted by atomic mass is 10.1. The van der Waals surface area contributed by atoms with Crippen molar-refractivity contribution in [3.63, 3.8) is 0 Å². The number of carbonyl (C=O) groups is 1. The van der Waals surface area contributed by atoms with Gasteiger partial charge in [0.1, 0.15) is 12.7 Å². The van der Waals surface area contributed by atoms with Crippen LogP contribution >= 0.6 is 0 Å². The zero-order chi connectivity index (χ0) is 13.9. The normalized spacial score (nSPS) is 19.1. The van der Waals surface area contributed by atoms with E-state index in [9.17, 15) is 4.79 Å². The molecule has 0 saturated carbocycles. The molecule has 20 heavy (non-hydrogen) atoms.